The van der Waals surface area contributed by atoms with Gasteiger partial charge in [0.15, 0.2) is 0 Å². The lowest BCUT2D eigenvalue weighted by molar-refractivity contribution is -0.119. The molecule has 1 unspecified atom stereocenters. The van der Waals surface area contributed by atoms with E-state index in [0.717, 1.165) is 27.8 Å². The van der Waals surface area contributed by atoms with Gasteiger partial charge in [-0.15, -0.1) is 0 Å². The molecule has 4 rings (SSSR count). The maximum absolute atomic E-state index is 11.7. The van der Waals surface area contributed by atoms with Crippen molar-refractivity contribution in [3.8, 4) is 17.2 Å². The molecule has 164 valence electrons. The van der Waals surface area contributed by atoms with E-state index in [1.165, 1.54) is 6.33 Å². The molecule has 1 aromatic heterocycles. The van der Waals surface area contributed by atoms with Crippen molar-refractivity contribution in [1.29, 1.82) is 5.26 Å². The highest BCUT2D eigenvalue weighted by Gasteiger charge is 2.28. The van der Waals surface area contributed by atoms with Gasteiger partial charge < -0.3 is 4.90 Å². The molecular formula is C24H23Cl2N5O. The van der Waals surface area contributed by atoms with Crippen LogP contribution in [0, 0.1) is 11.3 Å². The number of carbonyl (C=O) groups excluding carboxylic acids is 1. The van der Waals surface area contributed by atoms with Crippen molar-refractivity contribution in [3.05, 3.63) is 52.8 Å². The molecule has 0 aliphatic carbocycles. The summed E-state index contributed by atoms with van der Waals surface area (Å²) in [6.07, 6.45) is 2.54. The van der Waals surface area contributed by atoms with Crippen LogP contribution in [0.1, 0.15) is 19.8 Å². The molecule has 2 heterocycles. The number of Topliss-reactive ketones (excluding diaryl/α,β-unsaturated/α-hetero) is 1. The molecule has 0 amide bonds. The molecule has 1 atom stereocenters. The number of hydrogen-bond acceptors (Lipinski definition) is 6. The van der Waals surface area contributed by atoms with Crippen molar-refractivity contribution in [2.75, 3.05) is 31.1 Å². The Morgan fingerprint density at radius 3 is 2.69 bits per heavy atom. The number of hydrogen-bond donors (Lipinski definition) is 0. The van der Waals surface area contributed by atoms with Crippen molar-refractivity contribution >= 4 is 45.7 Å². The number of ketones is 1. The summed E-state index contributed by atoms with van der Waals surface area (Å²) in [6, 6.07) is 13.5. The van der Waals surface area contributed by atoms with Gasteiger partial charge in [-0.3, -0.25) is 9.69 Å². The molecule has 1 aliphatic rings. The van der Waals surface area contributed by atoms with Crippen LogP contribution >= 0.6 is 23.2 Å². The third-order valence-electron chi connectivity index (χ3n) is 5.87. The van der Waals surface area contributed by atoms with E-state index in [1.54, 1.807) is 0 Å². The first-order valence-electron chi connectivity index (χ1n) is 10.6. The van der Waals surface area contributed by atoms with E-state index in [0.29, 0.717) is 49.1 Å². The minimum Gasteiger partial charge on any atom is -0.352 e. The first kappa shape index (κ1) is 22.5. The highest BCUT2D eigenvalue weighted by Crippen LogP contribution is 2.35. The van der Waals surface area contributed by atoms with Gasteiger partial charge >= 0.3 is 0 Å². The molecule has 32 heavy (non-hydrogen) atoms. The SMILES string of the molecule is CCC(=O)CCN1CCN(c2ncnc3cc(Cl)c(-c4ccc(Cl)cc4)cc23)CC1C#N. The second-order valence-corrected chi connectivity index (χ2v) is 8.67. The first-order chi connectivity index (χ1) is 15.5. The number of nitriles is 1. The number of halogens is 2. The molecule has 8 heteroatoms. The van der Waals surface area contributed by atoms with Gasteiger partial charge in [0.1, 0.15) is 24.0 Å². The summed E-state index contributed by atoms with van der Waals surface area (Å²) >= 11 is 12.6. The van der Waals surface area contributed by atoms with Crippen molar-refractivity contribution in [3.63, 3.8) is 0 Å². The molecule has 0 spiro atoms. The predicted octanol–water partition coefficient (Wildman–Crippen LogP) is 4.99. The second-order valence-electron chi connectivity index (χ2n) is 7.82. The van der Waals surface area contributed by atoms with E-state index in [9.17, 15) is 10.1 Å². The van der Waals surface area contributed by atoms with E-state index >= 15 is 0 Å². The van der Waals surface area contributed by atoms with Gasteiger partial charge in [-0.25, -0.2) is 9.97 Å². The quantitative estimate of drug-likeness (QED) is 0.508. The molecule has 3 aromatic rings. The average Bonchev–Trinajstić information content (AvgIpc) is 2.82. The van der Waals surface area contributed by atoms with Crippen LogP contribution in [0.3, 0.4) is 0 Å². The predicted molar refractivity (Wildman–Crippen MR) is 128 cm³/mol. The Hall–Kier alpha value is -2.72. The molecule has 0 radical (unpaired) electrons. The lowest BCUT2D eigenvalue weighted by atomic mass is 10.0. The Balaban J connectivity index is 1.64. The monoisotopic (exact) mass is 467 g/mol. The van der Waals surface area contributed by atoms with Crippen LogP contribution in [0.15, 0.2) is 42.7 Å². The summed E-state index contributed by atoms with van der Waals surface area (Å²) in [4.78, 5) is 24.9. The molecule has 6 nitrogen and oxygen atoms in total. The fourth-order valence-corrected chi connectivity index (χ4v) is 4.41. The molecule has 0 bridgehead atoms. The maximum Gasteiger partial charge on any atom is 0.140 e. The van der Waals surface area contributed by atoms with Crippen molar-refractivity contribution in [1.82, 2.24) is 14.9 Å². The average molecular weight is 468 g/mol. The number of aromatic nitrogens is 2. The van der Waals surface area contributed by atoms with E-state index in [2.05, 4.69) is 25.8 Å². The van der Waals surface area contributed by atoms with Gasteiger partial charge in [-0.2, -0.15) is 5.26 Å². The number of carbonyl (C=O) groups is 1. The van der Waals surface area contributed by atoms with Gasteiger partial charge in [-0.05, 0) is 29.8 Å². The number of rotatable bonds is 6. The molecule has 1 aliphatic heterocycles. The number of nitrogens with zero attached hydrogens (tertiary/aromatic N) is 5. The van der Waals surface area contributed by atoms with Gasteiger partial charge in [0.2, 0.25) is 0 Å². The Bertz CT molecular complexity index is 1180. The summed E-state index contributed by atoms with van der Waals surface area (Å²) in [7, 11) is 0. The third-order valence-corrected chi connectivity index (χ3v) is 6.44. The van der Waals surface area contributed by atoms with Crippen LogP contribution in [0.4, 0.5) is 5.82 Å². The number of anilines is 1. The number of piperazine rings is 1. The Morgan fingerprint density at radius 1 is 1.19 bits per heavy atom. The molecule has 0 N–H and O–H groups in total. The van der Waals surface area contributed by atoms with Crippen LogP contribution < -0.4 is 4.90 Å². The maximum atomic E-state index is 11.7. The van der Waals surface area contributed by atoms with Crippen LogP contribution in [0.5, 0.6) is 0 Å². The Labute approximate surface area is 197 Å². The lowest BCUT2D eigenvalue weighted by Gasteiger charge is -2.39. The van der Waals surface area contributed by atoms with E-state index in [-0.39, 0.29) is 11.8 Å². The smallest absolute Gasteiger partial charge is 0.140 e. The first-order valence-corrected chi connectivity index (χ1v) is 11.4. The van der Waals surface area contributed by atoms with Gasteiger partial charge in [0.05, 0.1) is 16.6 Å². The third kappa shape index (κ3) is 4.71. The largest absolute Gasteiger partial charge is 0.352 e. The van der Waals surface area contributed by atoms with Crippen molar-refractivity contribution in [2.24, 2.45) is 0 Å². The Kier molecular flexibility index (Phi) is 6.90. The highest BCUT2D eigenvalue weighted by atomic mass is 35.5. The zero-order chi connectivity index (χ0) is 22.7. The van der Waals surface area contributed by atoms with Gasteiger partial charge in [0, 0.05) is 55.0 Å². The molecule has 0 saturated carbocycles. The highest BCUT2D eigenvalue weighted by molar-refractivity contribution is 6.34. The second kappa shape index (κ2) is 9.83. The zero-order valence-electron chi connectivity index (χ0n) is 17.8. The molecule has 1 fully saturated rings. The number of fused-ring (bicyclic) bond motifs is 1. The molecular weight excluding hydrogens is 445 g/mol. The fraction of sp³-hybridized carbons (Fsp3) is 0.333. The minimum absolute atomic E-state index is 0.220. The lowest BCUT2D eigenvalue weighted by Crippen LogP contribution is -2.53. The van der Waals surface area contributed by atoms with Crippen LogP contribution in [0.2, 0.25) is 10.0 Å². The summed E-state index contributed by atoms with van der Waals surface area (Å²) < 4.78 is 0. The van der Waals surface area contributed by atoms with E-state index in [1.807, 2.05) is 43.3 Å². The molecule has 2 aromatic carbocycles. The van der Waals surface area contributed by atoms with Crippen LogP contribution in [0.25, 0.3) is 22.0 Å². The fourth-order valence-electron chi connectivity index (χ4n) is 4.01. The molecule has 1 saturated heterocycles. The van der Waals surface area contributed by atoms with E-state index < -0.39 is 0 Å². The van der Waals surface area contributed by atoms with Crippen LogP contribution in [-0.2, 0) is 4.79 Å². The summed E-state index contributed by atoms with van der Waals surface area (Å²) in [5, 5.41) is 11.9. The summed E-state index contributed by atoms with van der Waals surface area (Å²) in [5.41, 5.74) is 2.58. The summed E-state index contributed by atoms with van der Waals surface area (Å²) in [5.74, 6) is 1.00. The zero-order valence-corrected chi connectivity index (χ0v) is 19.3. The minimum atomic E-state index is -0.304. The van der Waals surface area contributed by atoms with Crippen LogP contribution in [-0.4, -0.2) is 52.9 Å². The van der Waals surface area contributed by atoms with Gasteiger partial charge in [0.25, 0.3) is 0 Å². The van der Waals surface area contributed by atoms with Gasteiger partial charge in [-0.1, -0.05) is 42.3 Å². The normalized spacial score (nSPS) is 16.8. The van der Waals surface area contributed by atoms with Crippen molar-refractivity contribution in [2.45, 2.75) is 25.8 Å². The van der Waals surface area contributed by atoms with E-state index in [4.69, 9.17) is 23.2 Å². The van der Waals surface area contributed by atoms with Crippen molar-refractivity contribution < 1.29 is 4.79 Å². The topological polar surface area (TPSA) is 73.1 Å². The number of benzene rings is 2. The Morgan fingerprint density at radius 2 is 1.97 bits per heavy atom. The summed E-state index contributed by atoms with van der Waals surface area (Å²) in [6.45, 7) is 4.40. The standard InChI is InChI=1S/C24H23Cl2N5O/c1-2-19(32)7-8-30-9-10-31(14-18(30)13-27)24-21-11-20(16-3-5-17(25)6-4-16)22(26)12-23(21)28-15-29-24/h3-6,11-12,15,18H,2,7-10,14H2,1H3.